The minimum Gasteiger partial charge on any atom is -0.493 e. The highest BCUT2D eigenvalue weighted by atomic mass is 35.5. The molecular formula is C21H24ClN3O3. The van der Waals surface area contributed by atoms with Gasteiger partial charge in [0.2, 0.25) is 5.88 Å². The molecule has 7 heteroatoms. The van der Waals surface area contributed by atoms with E-state index in [9.17, 15) is 0 Å². The highest BCUT2D eigenvalue weighted by Crippen LogP contribution is 2.38. The second-order valence-corrected chi connectivity index (χ2v) is 7.14. The number of pyridine rings is 2. The third kappa shape index (κ3) is 4.82. The Morgan fingerprint density at radius 1 is 1.07 bits per heavy atom. The smallest absolute Gasteiger partial charge is 0.238 e. The van der Waals surface area contributed by atoms with Crippen LogP contribution in [0.1, 0.15) is 12.0 Å². The van der Waals surface area contributed by atoms with Crippen LogP contribution in [0.15, 0.2) is 36.7 Å². The summed E-state index contributed by atoms with van der Waals surface area (Å²) in [5.74, 6) is 2.23. The first kappa shape index (κ1) is 20.2. The molecule has 6 nitrogen and oxygen atoms in total. The van der Waals surface area contributed by atoms with Crippen molar-refractivity contribution >= 4 is 22.5 Å². The van der Waals surface area contributed by atoms with Gasteiger partial charge in [0.25, 0.3) is 0 Å². The van der Waals surface area contributed by atoms with Crippen LogP contribution >= 0.6 is 11.6 Å². The predicted octanol–water partition coefficient (Wildman–Crippen LogP) is 4.72. The van der Waals surface area contributed by atoms with Gasteiger partial charge in [-0.25, -0.2) is 4.98 Å². The molecule has 0 saturated heterocycles. The van der Waals surface area contributed by atoms with Crippen molar-refractivity contribution in [3.63, 3.8) is 0 Å². The largest absolute Gasteiger partial charge is 0.493 e. The number of halogens is 1. The summed E-state index contributed by atoms with van der Waals surface area (Å²) in [6.07, 6.45) is 4.31. The van der Waals surface area contributed by atoms with Crippen molar-refractivity contribution in [1.29, 1.82) is 0 Å². The van der Waals surface area contributed by atoms with Gasteiger partial charge < -0.3 is 19.1 Å². The van der Waals surface area contributed by atoms with Crippen molar-refractivity contribution in [2.24, 2.45) is 0 Å². The lowest BCUT2D eigenvalue weighted by Gasteiger charge is -2.15. The molecule has 0 unspecified atom stereocenters. The van der Waals surface area contributed by atoms with Crippen molar-refractivity contribution < 1.29 is 14.2 Å². The average Bonchev–Trinajstić information content (AvgIpc) is 2.66. The molecule has 2 aromatic heterocycles. The minimum atomic E-state index is 0.350. The summed E-state index contributed by atoms with van der Waals surface area (Å²) in [6.45, 7) is 3.48. The van der Waals surface area contributed by atoms with Gasteiger partial charge in [-0.05, 0) is 51.2 Å². The summed E-state index contributed by atoms with van der Waals surface area (Å²) in [6, 6.07) is 7.31. The molecule has 0 aliphatic carbocycles. The lowest BCUT2D eigenvalue weighted by atomic mass is 10.2. The molecule has 2 heterocycles. The second-order valence-electron chi connectivity index (χ2n) is 6.74. The summed E-state index contributed by atoms with van der Waals surface area (Å²) >= 11 is 6.26. The van der Waals surface area contributed by atoms with E-state index < -0.39 is 0 Å². The zero-order chi connectivity index (χ0) is 20.1. The molecule has 28 heavy (non-hydrogen) atoms. The number of benzene rings is 1. The normalized spacial score (nSPS) is 11.1. The Morgan fingerprint density at radius 3 is 2.61 bits per heavy atom. The highest BCUT2D eigenvalue weighted by Gasteiger charge is 2.13. The van der Waals surface area contributed by atoms with E-state index in [2.05, 4.69) is 14.9 Å². The van der Waals surface area contributed by atoms with Gasteiger partial charge in [0.15, 0.2) is 11.5 Å². The average molecular weight is 402 g/mol. The SMILES string of the molecule is COc1cc2c(Oc3ncc(C)cc3Cl)ccnc2cc1OCCCN(C)C. The number of methoxy groups -OCH3 is 1. The summed E-state index contributed by atoms with van der Waals surface area (Å²) in [5.41, 5.74) is 1.71. The Kier molecular flexibility index (Phi) is 6.54. The van der Waals surface area contributed by atoms with Crippen molar-refractivity contribution in [2.45, 2.75) is 13.3 Å². The quantitative estimate of drug-likeness (QED) is 0.509. The van der Waals surface area contributed by atoms with E-state index in [1.54, 1.807) is 25.6 Å². The molecule has 0 fully saturated rings. The fraction of sp³-hybridized carbons (Fsp3) is 0.333. The molecule has 3 aromatic rings. The van der Waals surface area contributed by atoms with Crippen LogP contribution in [0.5, 0.6) is 23.1 Å². The summed E-state index contributed by atoms with van der Waals surface area (Å²) in [7, 11) is 5.69. The van der Waals surface area contributed by atoms with Crippen molar-refractivity contribution in [1.82, 2.24) is 14.9 Å². The molecule has 0 radical (unpaired) electrons. The Morgan fingerprint density at radius 2 is 1.89 bits per heavy atom. The van der Waals surface area contributed by atoms with Crippen LogP contribution in [0.4, 0.5) is 0 Å². The van der Waals surface area contributed by atoms with Crippen molar-refractivity contribution in [3.05, 3.63) is 47.2 Å². The molecule has 0 bridgehead atoms. The lowest BCUT2D eigenvalue weighted by molar-refractivity contribution is 0.268. The Hall–Kier alpha value is -2.57. The minimum absolute atomic E-state index is 0.350. The van der Waals surface area contributed by atoms with Crippen LogP contribution < -0.4 is 14.2 Å². The van der Waals surface area contributed by atoms with E-state index >= 15 is 0 Å². The fourth-order valence-corrected chi connectivity index (χ4v) is 3.01. The lowest BCUT2D eigenvalue weighted by Crippen LogP contribution is -2.15. The summed E-state index contributed by atoms with van der Waals surface area (Å²) in [4.78, 5) is 10.8. The topological polar surface area (TPSA) is 56.7 Å². The van der Waals surface area contributed by atoms with Gasteiger partial charge >= 0.3 is 0 Å². The van der Waals surface area contributed by atoms with E-state index in [0.717, 1.165) is 29.4 Å². The maximum Gasteiger partial charge on any atom is 0.238 e. The van der Waals surface area contributed by atoms with Crippen molar-refractivity contribution in [3.8, 4) is 23.1 Å². The molecule has 0 atom stereocenters. The Balaban J connectivity index is 1.89. The number of hydrogen-bond acceptors (Lipinski definition) is 6. The molecule has 0 saturated carbocycles. The van der Waals surface area contributed by atoms with E-state index in [4.69, 9.17) is 25.8 Å². The molecule has 0 N–H and O–H groups in total. The van der Waals surface area contributed by atoms with E-state index in [1.165, 1.54) is 0 Å². The van der Waals surface area contributed by atoms with Crippen LogP contribution in [0.2, 0.25) is 5.02 Å². The van der Waals surface area contributed by atoms with Gasteiger partial charge in [-0.2, -0.15) is 0 Å². The van der Waals surface area contributed by atoms with E-state index in [0.29, 0.717) is 34.8 Å². The third-order valence-electron chi connectivity index (χ3n) is 4.14. The first-order valence-electron chi connectivity index (χ1n) is 9.02. The Bertz CT molecular complexity index is 963. The molecule has 0 aliphatic rings. The number of ether oxygens (including phenoxy) is 3. The second kappa shape index (κ2) is 9.08. The van der Waals surface area contributed by atoms with Crippen LogP contribution in [-0.4, -0.2) is 49.2 Å². The summed E-state index contributed by atoms with van der Waals surface area (Å²) in [5, 5.41) is 1.25. The number of hydrogen-bond donors (Lipinski definition) is 0. The number of aromatic nitrogens is 2. The van der Waals surface area contributed by atoms with Crippen LogP contribution in [0.25, 0.3) is 10.9 Å². The first-order chi connectivity index (χ1) is 13.5. The Labute approximate surface area is 170 Å². The van der Waals surface area contributed by atoms with Crippen molar-refractivity contribution in [2.75, 3.05) is 34.4 Å². The standard InChI is InChI=1S/C21H24ClN3O3/c1-14-10-16(22)21(24-13-14)28-18-6-7-23-17-12-20(19(26-4)11-15(17)18)27-9-5-8-25(2)3/h6-7,10-13H,5,8-9H2,1-4H3. The molecule has 0 spiro atoms. The van der Waals surface area contributed by atoms with Crippen LogP contribution in [0, 0.1) is 6.92 Å². The number of rotatable bonds is 8. The van der Waals surface area contributed by atoms with E-state index in [1.807, 2.05) is 39.2 Å². The molecule has 0 aliphatic heterocycles. The summed E-state index contributed by atoms with van der Waals surface area (Å²) < 4.78 is 17.4. The van der Waals surface area contributed by atoms with Gasteiger partial charge in [0.05, 0.1) is 19.2 Å². The number of fused-ring (bicyclic) bond motifs is 1. The molecular weight excluding hydrogens is 378 g/mol. The van der Waals surface area contributed by atoms with Crippen LogP contribution in [0.3, 0.4) is 0 Å². The van der Waals surface area contributed by atoms with Gasteiger partial charge in [-0.1, -0.05) is 11.6 Å². The van der Waals surface area contributed by atoms with Gasteiger partial charge in [-0.15, -0.1) is 0 Å². The van der Waals surface area contributed by atoms with Crippen LogP contribution in [-0.2, 0) is 0 Å². The molecule has 0 amide bonds. The predicted molar refractivity (Wildman–Crippen MR) is 111 cm³/mol. The third-order valence-corrected chi connectivity index (χ3v) is 4.42. The first-order valence-corrected chi connectivity index (χ1v) is 9.40. The fourth-order valence-electron chi connectivity index (χ4n) is 2.75. The zero-order valence-electron chi connectivity index (χ0n) is 16.5. The van der Waals surface area contributed by atoms with Gasteiger partial charge in [0, 0.05) is 30.4 Å². The zero-order valence-corrected chi connectivity index (χ0v) is 17.3. The van der Waals surface area contributed by atoms with E-state index in [-0.39, 0.29) is 0 Å². The number of nitrogens with zero attached hydrogens (tertiary/aromatic N) is 3. The van der Waals surface area contributed by atoms with Gasteiger partial charge in [0.1, 0.15) is 10.8 Å². The monoisotopic (exact) mass is 401 g/mol. The van der Waals surface area contributed by atoms with Gasteiger partial charge in [-0.3, -0.25) is 4.98 Å². The molecule has 3 rings (SSSR count). The number of aryl methyl sites for hydroxylation is 1. The maximum atomic E-state index is 6.26. The molecule has 148 valence electrons. The highest BCUT2D eigenvalue weighted by molar-refractivity contribution is 6.31. The molecule has 1 aromatic carbocycles. The maximum absolute atomic E-state index is 6.26.